The number of hydrogen-bond donors (Lipinski definition) is 0. The van der Waals surface area contributed by atoms with Gasteiger partial charge in [0.15, 0.2) is 0 Å². The van der Waals surface area contributed by atoms with Gasteiger partial charge < -0.3 is 14.2 Å². The van der Waals surface area contributed by atoms with E-state index in [1.807, 2.05) is 0 Å². The Labute approximate surface area is 284 Å². The summed E-state index contributed by atoms with van der Waals surface area (Å²) in [5, 5.41) is 0. The van der Waals surface area contributed by atoms with Crippen LogP contribution in [0.4, 0.5) is 0 Å². The molecule has 4 aromatic carbocycles. The van der Waals surface area contributed by atoms with Gasteiger partial charge in [-0.25, -0.2) is 0 Å². The summed E-state index contributed by atoms with van der Waals surface area (Å²) < 4.78 is 19.9. The summed E-state index contributed by atoms with van der Waals surface area (Å²) in [4.78, 5) is 15.4. The molecule has 0 spiro atoms. The second-order valence-corrected chi connectivity index (χ2v) is 14.0. The van der Waals surface area contributed by atoms with Crippen molar-refractivity contribution in [2.45, 2.75) is 41.5 Å². The lowest BCUT2D eigenvalue weighted by atomic mass is 9.78. The Hall–Kier alpha value is -4.71. The van der Waals surface area contributed by atoms with Gasteiger partial charge in [-0.05, 0) is 37.5 Å². The molecule has 0 amide bonds. The lowest BCUT2D eigenvalue weighted by molar-refractivity contribution is 0.231. The van der Waals surface area contributed by atoms with E-state index >= 15 is 0 Å². The zero-order chi connectivity index (χ0) is 33.4. The summed E-state index contributed by atoms with van der Waals surface area (Å²) in [6.07, 6.45) is 0. The zero-order valence-corrected chi connectivity index (χ0v) is 29.0. The van der Waals surface area contributed by atoms with Crippen LogP contribution in [0.1, 0.15) is 54.2 Å². The zero-order valence-electron chi connectivity index (χ0n) is 29.0. The minimum Gasteiger partial charge on any atom is -0.477 e. The van der Waals surface area contributed by atoms with Crippen molar-refractivity contribution < 1.29 is 14.2 Å². The number of ether oxygens (including phenoxy) is 3. The van der Waals surface area contributed by atoms with Crippen molar-refractivity contribution >= 4 is 17.7 Å². The third-order valence-electron chi connectivity index (χ3n) is 9.32. The highest BCUT2D eigenvalue weighted by atomic mass is 16.5. The molecule has 0 bridgehead atoms. The first-order chi connectivity index (χ1) is 23.3. The Bertz CT molecular complexity index is 1660. The Balaban J connectivity index is 1.73. The van der Waals surface area contributed by atoms with E-state index in [2.05, 4.69) is 114 Å². The Morgan fingerprint density at radius 1 is 0.396 bits per heavy atom. The van der Waals surface area contributed by atoms with Crippen molar-refractivity contribution in [2.24, 2.45) is 32.7 Å². The molecule has 0 fully saturated rings. The Morgan fingerprint density at radius 3 is 0.854 bits per heavy atom. The van der Waals surface area contributed by atoms with E-state index in [9.17, 15) is 0 Å². The first kappa shape index (κ1) is 31.9. The number of hydrogen-bond acceptors (Lipinski definition) is 6. The molecule has 246 valence electrons. The van der Waals surface area contributed by atoms with Crippen LogP contribution >= 0.6 is 0 Å². The number of aryl methyl sites for hydroxylation is 3. The van der Waals surface area contributed by atoms with Crippen molar-refractivity contribution in [1.82, 2.24) is 0 Å². The summed E-state index contributed by atoms with van der Waals surface area (Å²) >= 11 is 0. The van der Waals surface area contributed by atoms with Crippen molar-refractivity contribution in [3.63, 3.8) is 0 Å². The van der Waals surface area contributed by atoms with Gasteiger partial charge in [-0.3, -0.25) is 15.0 Å². The minimum absolute atomic E-state index is 0.324. The van der Waals surface area contributed by atoms with Gasteiger partial charge in [0.25, 0.3) is 0 Å². The Kier molecular flexibility index (Phi) is 8.91. The van der Waals surface area contributed by atoms with Gasteiger partial charge in [0, 0.05) is 54.1 Å². The molecule has 0 radical (unpaired) electrons. The van der Waals surface area contributed by atoms with E-state index in [0.29, 0.717) is 74.9 Å². The summed E-state index contributed by atoms with van der Waals surface area (Å²) in [5.74, 6) is 2.87. The molecule has 0 aliphatic carbocycles. The third kappa shape index (κ3) is 6.28. The average Bonchev–Trinajstić information content (AvgIpc) is 3.10. The summed E-state index contributed by atoms with van der Waals surface area (Å²) in [7, 11) is 0. The van der Waals surface area contributed by atoms with E-state index in [4.69, 9.17) is 29.2 Å². The van der Waals surface area contributed by atoms with Gasteiger partial charge in [0.05, 0.1) is 36.5 Å². The molecule has 48 heavy (non-hydrogen) atoms. The molecule has 0 saturated carbocycles. The molecule has 3 aliphatic heterocycles. The molecule has 0 saturated heterocycles. The van der Waals surface area contributed by atoms with Crippen LogP contribution in [0.25, 0.3) is 33.4 Å². The molecule has 0 aromatic heterocycles. The molecule has 3 aliphatic rings. The minimum atomic E-state index is 0.324. The van der Waals surface area contributed by atoms with E-state index in [0.717, 1.165) is 50.1 Å². The molecule has 7 rings (SSSR count). The molecule has 4 aromatic rings. The molecular weight excluding hydrogens is 594 g/mol. The third-order valence-corrected chi connectivity index (χ3v) is 9.32. The summed E-state index contributed by atoms with van der Waals surface area (Å²) in [5.41, 5.74) is 12.5. The van der Waals surface area contributed by atoms with Crippen molar-refractivity contribution in [3.05, 3.63) is 106 Å². The van der Waals surface area contributed by atoms with Crippen LogP contribution in [-0.2, 0) is 14.2 Å². The van der Waals surface area contributed by atoms with Crippen LogP contribution in [-0.4, -0.2) is 57.1 Å². The molecule has 0 N–H and O–H groups in total. The molecule has 3 heterocycles. The normalized spacial score (nSPS) is 20.9. The maximum atomic E-state index is 6.62. The predicted molar refractivity (Wildman–Crippen MR) is 197 cm³/mol. The van der Waals surface area contributed by atoms with Crippen LogP contribution in [0.3, 0.4) is 0 Å². The maximum Gasteiger partial charge on any atom is 0.217 e. The second kappa shape index (κ2) is 13.4. The predicted octanol–water partition coefficient (Wildman–Crippen LogP) is 8.85. The van der Waals surface area contributed by atoms with Crippen molar-refractivity contribution in [3.8, 4) is 33.4 Å². The van der Waals surface area contributed by atoms with Crippen LogP contribution in [0, 0.1) is 38.5 Å². The highest BCUT2D eigenvalue weighted by Gasteiger charge is 2.36. The number of benzene rings is 4. The smallest absolute Gasteiger partial charge is 0.217 e. The van der Waals surface area contributed by atoms with E-state index in [1.54, 1.807) is 0 Å². The lowest BCUT2D eigenvalue weighted by Crippen LogP contribution is -2.29. The average molecular weight is 640 g/mol. The van der Waals surface area contributed by atoms with Crippen LogP contribution in [0.2, 0.25) is 0 Å². The van der Waals surface area contributed by atoms with Gasteiger partial charge in [-0.1, -0.05) is 110 Å². The van der Waals surface area contributed by atoms with Crippen LogP contribution in [0.15, 0.2) is 87.8 Å². The van der Waals surface area contributed by atoms with Gasteiger partial charge in [-0.2, -0.15) is 0 Å². The highest BCUT2D eigenvalue weighted by molar-refractivity contribution is 6.23. The maximum absolute atomic E-state index is 6.62. The standard InChI is InChI=1S/C42H45N3O3/c1-25-7-13-31(14-8-25)34-37(40-43-19-28(4)22-46-40)35(32-15-9-26(2)10-16-32)39(42-45-21-30(6)24-48-42)36(33-17-11-27(3)12-18-33)38(34)41-44-20-29(5)23-47-41/h7-18,28-30H,19-24H2,1-6H3/t28-,29-,30-/m1/s1. The monoisotopic (exact) mass is 639 g/mol. The quantitative estimate of drug-likeness (QED) is 0.212. The fourth-order valence-electron chi connectivity index (χ4n) is 6.55. The lowest BCUT2D eigenvalue weighted by Gasteiger charge is -2.32. The molecule has 3 atom stereocenters. The Morgan fingerprint density at radius 2 is 0.646 bits per heavy atom. The summed E-state index contributed by atoms with van der Waals surface area (Å²) in [6.45, 7) is 16.7. The SMILES string of the molecule is Cc1ccc(-c2c(C3=NC[C@@H](C)CO3)c(-c3ccc(C)cc3)c(C3=NC[C@@H](C)CO3)c(-c3ccc(C)cc3)c2C2=NC[C@@H](C)CO2)cc1. The van der Waals surface area contributed by atoms with Crippen molar-refractivity contribution in [1.29, 1.82) is 0 Å². The molecular formula is C42H45N3O3. The first-order valence-electron chi connectivity index (χ1n) is 17.2. The van der Waals surface area contributed by atoms with Gasteiger partial charge in [0.2, 0.25) is 17.7 Å². The van der Waals surface area contributed by atoms with Gasteiger partial charge >= 0.3 is 0 Å². The van der Waals surface area contributed by atoms with Crippen LogP contribution < -0.4 is 0 Å². The van der Waals surface area contributed by atoms with E-state index in [1.165, 1.54) is 16.7 Å². The fraction of sp³-hybridized carbons (Fsp3) is 0.357. The number of aliphatic imine (C=N–C) groups is 3. The molecule has 0 unspecified atom stereocenters. The van der Waals surface area contributed by atoms with E-state index < -0.39 is 0 Å². The first-order valence-corrected chi connectivity index (χ1v) is 17.2. The number of rotatable bonds is 6. The largest absolute Gasteiger partial charge is 0.477 e. The topological polar surface area (TPSA) is 64.8 Å². The second-order valence-electron chi connectivity index (χ2n) is 14.0. The van der Waals surface area contributed by atoms with E-state index in [-0.39, 0.29) is 0 Å². The van der Waals surface area contributed by atoms with Crippen molar-refractivity contribution in [2.75, 3.05) is 39.5 Å². The number of nitrogens with zero attached hydrogens (tertiary/aromatic N) is 3. The van der Waals surface area contributed by atoms with Gasteiger partial charge in [-0.15, -0.1) is 0 Å². The summed E-state index contributed by atoms with van der Waals surface area (Å²) in [6, 6.07) is 26.2. The van der Waals surface area contributed by atoms with Gasteiger partial charge in [0.1, 0.15) is 0 Å². The highest BCUT2D eigenvalue weighted by Crippen LogP contribution is 2.47. The molecule has 6 heteroatoms. The molecule has 6 nitrogen and oxygen atoms in total. The fourth-order valence-corrected chi connectivity index (χ4v) is 6.55. The van der Waals surface area contributed by atoms with Crippen LogP contribution in [0.5, 0.6) is 0 Å².